The average Bonchev–Trinajstić information content (AvgIpc) is 2.28. The third kappa shape index (κ3) is 13.7. The highest BCUT2D eigenvalue weighted by Gasteiger charge is 2.15. The molecule has 1 N–H and O–H groups in total. The maximum atomic E-state index is 11.3. The van der Waals surface area contributed by atoms with Crippen LogP contribution in [0.25, 0.3) is 0 Å². The van der Waals surface area contributed by atoms with Crippen molar-refractivity contribution in [3.63, 3.8) is 0 Å². The zero-order valence-electron chi connectivity index (χ0n) is 12.0. The third-order valence-corrected chi connectivity index (χ3v) is 2.51. The molecule has 0 unspecified atom stereocenters. The fraction of sp³-hybridized carbons (Fsp3) is 0.846. The topological polar surface area (TPSA) is 64.6 Å². The van der Waals surface area contributed by atoms with Crippen molar-refractivity contribution in [1.82, 2.24) is 5.32 Å². The summed E-state index contributed by atoms with van der Waals surface area (Å²) in [4.78, 5) is 22.5. The van der Waals surface area contributed by atoms with Gasteiger partial charge >= 0.3 is 12.1 Å². The second-order valence-corrected chi connectivity index (χ2v) is 6.23. The van der Waals surface area contributed by atoms with E-state index in [1.807, 2.05) is 20.8 Å². The lowest BCUT2D eigenvalue weighted by molar-refractivity contribution is -0.143. The van der Waals surface area contributed by atoms with Gasteiger partial charge < -0.3 is 14.8 Å². The van der Waals surface area contributed by atoms with Crippen LogP contribution in [-0.4, -0.2) is 35.2 Å². The minimum atomic E-state index is -0.466. The van der Waals surface area contributed by atoms with Crippen molar-refractivity contribution in [2.45, 2.75) is 52.1 Å². The number of amides is 1. The van der Waals surface area contributed by atoms with Gasteiger partial charge in [-0.05, 0) is 33.6 Å². The minimum absolute atomic E-state index is 0.142. The molecule has 0 aromatic heterocycles. The molecule has 0 saturated heterocycles. The Balaban J connectivity index is 3.41. The van der Waals surface area contributed by atoms with E-state index in [0.29, 0.717) is 19.6 Å². The summed E-state index contributed by atoms with van der Waals surface area (Å²) < 4.78 is 10.9. The van der Waals surface area contributed by atoms with E-state index in [9.17, 15) is 9.59 Å². The molecule has 0 saturated carbocycles. The highest BCUT2D eigenvalue weighted by molar-refractivity contribution is 14.1. The predicted molar refractivity (Wildman–Crippen MR) is 82.6 cm³/mol. The molecule has 0 atom stereocenters. The first kappa shape index (κ1) is 18.5. The van der Waals surface area contributed by atoms with Crippen LogP contribution in [-0.2, 0) is 14.3 Å². The molecule has 19 heavy (non-hydrogen) atoms. The summed E-state index contributed by atoms with van der Waals surface area (Å²) >= 11 is 2.16. The lowest BCUT2D eigenvalue weighted by atomic mass is 10.2. The van der Waals surface area contributed by atoms with Crippen LogP contribution in [0.3, 0.4) is 0 Å². The van der Waals surface area contributed by atoms with Gasteiger partial charge in [-0.15, -0.1) is 0 Å². The molecular weight excluding hydrogens is 361 g/mol. The Morgan fingerprint density at radius 1 is 1.16 bits per heavy atom. The molecule has 6 heteroatoms. The summed E-state index contributed by atoms with van der Waals surface area (Å²) in [6, 6.07) is 0. The predicted octanol–water partition coefficient (Wildman–Crippen LogP) is 3.05. The molecule has 0 fully saturated rings. The summed E-state index contributed by atoms with van der Waals surface area (Å²) in [5.41, 5.74) is -0.466. The normalized spacial score (nSPS) is 10.9. The van der Waals surface area contributed by atoms with Crippen molar-refractivity contribution in [1.29, 1.82) is 0 Å². The Bertz CT molecular complexity index is 276. The zero-order chi connectivity index (χ0) is 14.7. The van der Waals surface area contributed by atoms with Crippen molar-refractivity contribution in [2.75, 3.05) is 17.6 Å². The van der Waals surface area contributed by atoms with Crippen molar-refractivity contribution < 1.29 is 19.1 Å². The summed E-state index contributed by atoms with van der Waals surface area (Å²) in [5.74, 6) is -0.142. The van der Waals surface area contributed by atoms with E-state index < -0.39 is 11.7 Å². The van der Waals surface area contributed by atoms with Crippen molar-refractivity contribution in [3.05, 3.63) is 0 Å². The largest absolute Gasteiger partial charge is 0.465 e. The lowest BCUT2D eigenvalue weighted by Crippen LogP contribution is -2.32. The SMILES string of the molecule is CC(C)(C)OC(=O)NCCCCCC(=O)OCCI. The van der Waals surface area contributed by atoms with Gasteiger partial charge in [0.25, 0.3) is 0 Å². The summed E-state index contributed by atoms with van der Waals surface area (Å²) in [5, 5.41) is 2.68. The van der Waals surface area contributed by atoms with Gasteiger partial charge in [0.15, 0.2) is 0 Å². The van der Waals surface area contributed by atoms with Gasteiger partial charge in [-0.25, -0.2) is 4.79 Å². The second-order valence-electron chi connectivity index (χ2n) is 5.15. The van der Waals surface area contributed by atoms with Crippen LogP contribution in [0.4, 0.5) is 4.79 Å². The van der Waals surface area contributed by atoms with Crippen molar-refractivity contribution in [3.8, 4) is 0 Å². The smallest absolute Gasteiger partial charge is 0.407 e. The maximum absolute atomic E-state index is 11.3. The fourth-order valence-electron chi connectivity index (χ4n) is 1.30. The number of carbonyl (C=O) groups excluding carboxylic acids is 2. The first-order valence-electron chi connectivity index (χ1n) is 6.53. The number of hydrogen-bond acceptors (Lipinski definition) is 4. The highest BCUT2D eigenvalue weighted by atomic mass is 127. The van der Waals surface area contributed by atoms with Crippen LogP contribution in [0, 0.1) is 0 Å². The van der Waals surface area contributed by atoms with Gasteiger partial charge in [-0.3, -0.25) is 4.79 Å². The van der Waals surface area contributed by atoms with Crippen molar-refractivity contribution in [2.24, 2.45) is 0 Å². The molecule has 0 heterocycles. The lowest BCUT2D eigenvalue weighted by Gasteiger charge is -2.19. The first-order valence-corrected chi connectivity index (χ1v) is 8.06. The zero-order valence-corrected chi connectivity index (χ0v) is 14.1. The maximum Gasteiger partial charge on any atom is 0.407 e. The molecule has 0 radical (unpaired) electrons. The Kier molecular flexibility index (Phi) is 9.99. The number of ether oxygens (including phenoxy) is 2. The first-order chi connectivity index (χ1) is 8.85. The molecule has 0 spiro atoms. The molecule has 0 aliphatic heterocycles. The highest BCUT2D eigenvalue weighted by Crippen LogP contribution is 2.06. The minimum Gasteiger partial charge on any atom is -0.465 e. The van der Waals surface area contributed by atoms with E-state index in [1.54, 1.807) is 0 Å². The number of halogens is 1. The second kappa shape index (κ2) is 10.3. The number of nitrogens with one attached hydrogen (secondary N) is 1. The average molecular weight is 385 g/mol. The van der Waals surface area contributed by atoms with Gasteiger partial charge in [-0.2, -0.15) is 0 Å². The van der Waals surface area contributed by atoms with Crippen LogP contribution >= 0.6 is 22.6 Å². The van der Waals surface area contributed by atoms with Gasteiger partial charge in [0.1, 0.15) is 12.2 Å². The molecule has 0 aromatic carbocycles. The Morgan fingerprint density at radius 2 is 1.84 bits per heavy atom. The Hall–Kier alpha value is -0.530. The van der Waals surface area contributed by atoms with Crippen LogP contribution in [0.15, 0.2) is 0 Å². The van der Waals surface area contributed by atoms with Gasteiger partial charge in [0, 0.05) is 17.4 Å². The summed E-state index contributed by atoms with van der Waals surface area (Å²) in [6.45, 7) is 6.53. The molecule has 5 nitrogen and oxygen atoms in total. The Morgan fingerprint density at radius 3 is 2.42 bits per heavy atom. The number of hydrogen-bond donors (Lipinski definition) is 1. The summed E-state index contributed by atoms with van der Waals surface area (Å²) in [7, 11) is 0. The van der Waals surface area contributed by atoms with E-state index in [-0.39, 0.29) is 5.97 Å². The molecule has 0 aromatic rings. The van der Waals surface area contributed by atoms with Gasteiger partial charge in [0.05, 0.1) is 0 Å². The number of unbranched alkanes of at least 4 members (excludes halogenated alkanes) is 2. The molecular formula is C13H24INO4. The van der Waals surface area contributed by atoms with E-state index in [4.69, 9.17) is 9.47 Å². The quantitative estimate of drug-likeness (QED) is 0.302. The molecule has 0 rings (SSSR count). The molecule has 0 aliphatic carbocycles. The van der Waals surface area contributed by atoms with Crippen LogP contribution in [0.5, 0.6) is 0 Å². The molecule has 0 bridgehead atoms. The van der Waals surface area contributed by atoms with Crippen LogP contribution in [0.2, 0.25) is 0 Å². The van der Waals surface area contributed by atoms with E-state index in [0.717, 1.165) is 23.7 Å². The number of esters is 1. The van der Waals surface area contributed by atoms with Crippen molar-refractivity contribution >= 4 is 34.7 Å². The van der Waals surface area contributed by atoms with Gasteiger partial charge in [0.2, 0.25) is 0 Å². The number of rotatable bonds is 8. The number of alkyl carbamates (subject to hydrolysis) is 1. The van der Waals surface area contributed by atoms with E-state index in [1.165, 1.54) is 0 Å². The Labute approximate surface area is 128 Å². The number of alkyl halides is 1. The molecule has 1 amide bonds. The van der Waals surface area contributed by atoms with Crippen LogP contribution in [0.1, 0.15) is 46.5 Å². The summed E-state index contributed by atoms with van der Waals surface area (Å²) in [6.07, 6.45) is 2.56. The van der Waals surface area contributed by atoms with E-state index >= 15 is 0 Å². The monoisotopic (exact) mass is 385 g/mol. The number of carbonyl (C=O) groups is 2. The third-order valence-electron chi connectivity index (χ3n) is 2.07. The van der Waals surface area contributed by atoms with E-state index in [2.05, 4.69) is 27.9 Å². The molecule has 0 aliphatic rings. The standard InChI is InChI=1S/C13H24INO4/c1-13(2,3)19-12(17)15-9-6-4-5-7-11(16)18-10-8-14/h4-10H2,1-3H3,(H,15,17). The molecule has 112 valence electrons. The van der Waals surface area contributed by atoms with Crippen LogP contribution < -0.4 is 5.32 Å². The van der Waals surface area contributed by atoms with Gasteiger partial charge in [-0.1, -0.05) is 29.0 Å². The fourth-order valence-corrected chi connectivity index (χ4v) is 1.52.